The Balaban J connectivity index is 1.74. The van der Waals surface area contributed by atoms with E-state index in [9.17, 15) is 9.59 Å². The van der Waals surface area contributed by atoms with E-state index in [2.05, 4.69) is 15.4 Å². The number of nitrogens with one attached hydrogen (secondary N) is 2. The number of thiazole rings is 1. The van der Waals surface area contributed by atoms with Gasteiger partial charge in [0, 0.05) is 29.8 Å². The minimum absolute atomic E-state index is 0.319. The second-order valence-electron chi connectivity index (χ2n) is 5.23. The number of hydrogen-bond acceptors (Lipinski definition) is 5. The molecule has 0 atom stereocenters. The summed E-state index contributed by atoms with van der Waals surface area (Å²) in [4.78, 5) is 26.4. The van der Waals surface area contributed by atoms with E-state index in [1.54, 1.807) is 10.9 Å². The van der Waals surface area contributed by atoms with Crippen LogP contribution in [0.5, 0.6) is 0 Å². The van der Waals surface area contributed by atoms with Crippen molar-refractivity contribution in [3.05, 3.63) is 42.0 Å². The fourth-order valence-corrected chi connectivity index (χ4v) is 2.95. The van der Waals surface area contributed by atoms with E-state index in [1.165, 1.54) is 11.3 Å². The second kappa shape index (κ2) is 7.14. The minimum Gasteiger partial charge on any atom is -0.465 e. The maximum Gasteiger partial charge on any atom is 0.405 e. The molecule has 0 fully saturated rings. The highest BCUT2D eigenvalue weighted by Gasteiger charge is 2.10. The summed E-state index contributed by atoms with van der Waals surface area (Å²) in [5, 5.41) is 19.5. The molecule has 0 aliphatic carbocycles. The lowest BCUT2D eigenvalue weighted by Crippen LogP contribution is -2.31. The van der Waals surface area contributed by atoms with Crippen molar-refractivity contribution in [3.8, 4) is 22.4 Å². The number of aromatic nitrogens is 3. The molecular weight excluding hydrogens is 342 g/mol. The van der Waals surface area contributed by atoms with Gasteiger partial charge in [-0.2, -0.15) is 5.10 Å². The normalized spacial score (nSPS) is 10.4. The monoisotopic (exact) mass is 357 g/mol. The zero-order valence-electron chi connectivity index (χ0n) is 13.3. The summed E-state index contributed by atoms with van der Waals surface area (Å²) < 4.78 is 1.74. The lowest BCUT2D eigenvalue weighted by Gasteiger charge is -2.02. The molecule has 128 valence electrons. The average molecular weight is 357 g/mol. The van der Waals surface area contributed by atoms with E-state index in [0.717, 1.165) is 22.4 Å². The summed E-state index contributed by atoms with van der Waals surface area (Å²) in [6.45, 7) is -0.319. The Morgan fingerprint density at radius 3 is 2.80 bits per heavy atom. The van der Waals surface area contributed by atoms with Gasteiger partial charge in [0.05, 0.1) is 11.9 Å². The van der Waals surface area contributed by atoms with E-state index in [1.807, 2.05) is 48.2 Å². The van der Waals surface area contributed by atoms with Gasteiger partial charge in [-0.15, -0.1) is 11.3 Å². The van der Waals surface area contributed by atoms with Gasteiger partial charge in [0.1, 0.15) is 6.54 Å². The van der Waals surface area contributed by atoms with Crippen LogP contribution in [0.3, 0.4) is 0 Å². The molecule has 9 heteroatoms. The standard InChI is InChI=1S/C16H15N5O3S/c1-21-8-12(6-18-21)10-3-2-4-11(5-10)13-9-25-15(19-13)20-14(22)7-17-16(23)24/h2-6,8-9,17H,7H2,1H3,(H,23,24)(H,19,20,22). The van der Waals surface area contributed by atoms with Gasteiger partial charge < -0.3 is 15.7 Å². The first-order valence-electron chi connectivity index (χ1n) is 7.33. The fraction of sp³-hybridized carbons (Fsp3) is 0.125. The first kappa shape index (κ1) is 16.7. The third kappa shape index (κ3) is 4.21. The molecule has 0 radical (unpaired) electrons. The number of nitrogens with zero attached hydrogens (tertiary/aromatic N) is 3. The van der Waals surface area contributed by atoms with Crippen molar-refractivity contribution in [1.82, 2.24) is 20.1 Å². The number of carboxylic acid groups (broad SMARTS) is 1. The molecule has 25 heavy (non-hydrogen) atoms. The van der Waals surface area contributed by atoms with Crippen LogP contribution in [0.2, 0.25) is 0 Å². The summed E-state index contributed by atoms with van der Waals surface area (Å²) in [5.41, 5.74) is 3.68. The predicted molar refractivity (Wildman–Crippen MR) is 94.4 cm³/mol. The Hall–Kier alpha value is -3.20. The molecule has 0 aliphatic heterocycles. The van der Waals surface area contributed by atoms with Crippen LogP contribution < -0.4 is 10.6 Å². The van der Waals surface area contributed by atoms with Gasteiger partial charge in [-0.3, -0.25) is 9.48 Å². The second-order valence-corrected chi connectivity index (χ2v) is 6.09. The van der Waals surface area contributed by atoms with E-state index >= 15 is 0 Å². The quantitative estimate of drug-likeness (QED) is 0.650. The van der Waals surface area contributed by atoms with Crippen LogP contribution in [-0.4, -0.2) is 38.4 Å². The number of amides is 2. The highest BCUT2D eigenvalue weighted by Crippen LogP contribution is 2.28. The molecule has 3 N–H and O–H groups in total. The average Bonchev–Trinajstić information content (AvgIpc) is 3.22. The molecule has 2 aromatic heterocycles. The maximum absolute atomic E-state index is 11.6. The number of benzene rings is 1. The number of rotatable bonds is 5. The van der Waals surface area contributed by atoms with Crippen molar-refractivity contribution in [2.45, 2.75) is 0 Å². The summed E-state index contributed by atoms with van der Waals surface area (Å²) >= 11 is 1.28. The molecule has 8 nitrogen and oxygen atoms in total. The Morgan fingerprint density at radius 1 is 1.28 bits per heavy atom. The highest BCUT2D eigenvalue weighted by molar-refractivity contribution is 7.14. The Labute approximate surface area is 147 Å². The van der Waals surface area contributed by atoms with Crippen LogP contribution in [0.25, 0.3) is 22.4 Å². The summed E-state index contributed by atoms with van der Waals surface area (Å²) in [5.74, 6) is -0.465. The zero-order valence-corrected chi connectivity index (χ0v) is 14.1. The maximum atomic E-state index is 11.6. The van der Waals surface area contributed by atoms with Crippen molar-refractivity contribution in [2.75, 3.05) is 11.9 Å². The van der Waals surface area contributed by atoms with Crippen LogP contribution in [0.1, 0.15) is 0 Å². The molecule has 2 amide bonds. The van der Waals surface area contributed by atoms with E-state index in [-0.39, 0.29) is 6.54 Å². The lowest BCUT2D eigenvalue weighted by atomic mass is 10.1. The van der Waals surface area contributed by atoms with Crippen molar-refractivity contribution in [2.24, 2.45) is 7.05 Å². The SMILES string of the molecule is Cn1cc(-c2cccc(-c3csc(NC(=O)CNC(=O)O)n3)c2)cn1. The van der Waals surface area contributed by atoms with Gasteiger partial charge in [0.25, 0.3) is 0 Å². The highest BCUT2D eigenvalue weighted by atomic mass is 32.1. The van der Waals surface area contributed by atoms with E-state index < -0.39 is 12.0 Å². The minimum atomic E-state index is -1.25. The van der Waals surface area contributed by atoms with Gasteiger partial charge in [-0.25, -0.2) is 9.78 Å². The molecule has 0 bridgehead atoms. The Kier molecular flexibility index (Phi) is 4.75. The van der Waals surface area contributed by atoms with Crippen LogP contribution in [0.15, 0.2) is 42.0 Å². The van der Waals surface area contributed by atoms with Crippen molar-refractivity contribution in [3.63, 3.8) is 0 Å². The van der Waals surface area contributed by atoms with Crippen molar-refractivity contribution >= 4 is 28.5 Å². The van der Waals surface area contributed by atoms with Crippen LogP contribution >= 0.6 is 11.3 Å². The van der Waals surface area contributed by atoms with E-state index in [0.29, 0.717) is 5.13 Å². The number of hydrogen-bond donors (Lipinski definition) is 3. The molecule has 3 aromatic rings. The van der Waals surface area contributed by atoms with Gasteiger partial charge in [0.2, 0.25) is 5.91 Å². The number of aryl methyl sites for hydroxylation is 1. The van der Waals surface area contributed by atoms with Gasteiger partial charge in [0.15, 0.2) is 5.13 Å². The van der Waals surface area contributed by atoms with Gasteiger partial charge in [-0.1, -0.05) is 18.2 Å². The summed E-state index contributed by atoms with van der Waals surface area (Å²) in [7, 11) is 1.86. The molecule has 1 aromatic carbocycles. The molecule has 2 heterocycles. The topological polar surface area (TPSA) is 109 Å². The molecule has 0 saturated heterocycles. The van der Waals surface area contributed by atoms with Crippen LogP contribution in [0, 0.1) is 0 Å². The molecule has 3 rings (SSSR count). The van der Waals surface area contributed by atoms with Crippen molar-refractivity contribution in [1.29, 1.82) is 0 Å². The smallest absolute Gasteiger partial charge is 0.405 e. The Bertz CT molecular complexity index is 918. The third-order valence-corrected chi connectivity index (χ3v) is 4.10. The molecule has 0 aliphatic rings. The predicted octanol–water partition coefficient (Wildman–Crippen LogP) is 2.42. The summed E-state index contributed by atoms with van der Waals surface area (Å²) in [6, 6.07) is 7.87. The van der Waals surface area contributed by atoms with Gasteiger partial charge in [-0.05, 0) is 11.6 Å². The zero-order chi connectivity index (χ0) is 17.8. The molecule has 0 unspecified atom stereocenters. The largest absolute Gasteiger partial charge is 0.465 e. The van der Waals surface area contributed by atoms with Crippen molar-refractivity contribution < 1.29 is 14.7 Å². The lowest BCUT2D eigenvalue weighted by molar-refractivity contribution is -0.115. The fourth-order valence-electron chi connectivity index (χ4n) is 2.21. The number of carbonyl (C=O) groups is 2. The van der Waals surface area contributed by atoms with Crippen LogP contribution in [-0.2, 0) is 11.8 Å². The van der Waals surface area contributed by atoms with Crippen LogP contribution in [0.4, 0.5) is 9.93 Å². The molecule has 0 saturated carbocycles. The summed E-state index contributed by atoms with van der Waals surface area (Å²) in [6.07, 6.45) is 2.48. The number of carbonyl (C=O) groups excluding carboxylic acids is 1. The first-order chi connectivity index (χ1) is 12.0. The van der Waals surface area contributed by atoms with Gasteiger partial charge >= 0.3 is 6.09 Å². The molecular formula is C16H15N5O3S. The Morgan fingerprint density at radius 2 is 2.08 bits per heavy atom. The molecule has 0 spiro atoms. The number of anilines is 1. The first-order valence-corrected chi connectivity index (χ1v) is 8.21. The third-order valence-electron chi connectivity index (χ3n) is 3.35. The van der Waals surface area contributed by atoms with E-state index in [4.69, 9.17) is 5.11 Å².